The molecule has 1 aliphatic heterocycles. The average Bonchev–Trinajstić information content (AvgIpc) is 3.14. The molecule has 1 aromatic carbocycles. The van der Waals surface area contributed by atoms with E-state index >= 15 is 0 Å². The summed E-state index contributed by atoms with van der Waals surface area (Å²) < 4.78 is 1.07. The zero-order valence-electron chi connectivity index (χ0n) is 15.6. The van der Waals surface area contributed by atoms with Crippen molar-refractivity contribution in [2.24, 2.45) is 5.92 Å². The molecule has 3 heterocycles. The molecule has 1 amide bonds. The van der Waals surface area contributed by atoms with Crippen molar-refractivity contribution in [3.8, 4) is 11.1 Å². The number of thioether (sulfide) groups is 1. The zero-order chi connectivity index (χ0) is 19.7. The summed E-state index contributed by atoms with van der Waals surface area (Å²) in [7, 11) is 0. The van der Waals surface area contributed by atoms with Crippen LogP contribution in [0.2, 0.25) is 0 Å². The van der Waals surface area contributed by atoms with Gasteiger partial charge in [0.1, 0.15) is 4.83 Å². The van der Waals surface area contributed by atoms with Gasteiger partial charge in [0.2, 0.25) is 5.91 Å². The van der Waals surface area contributed by atoms with E-state index in [9.17, 15) is 9.59 Å². The van der Waals surface area contributed by atoms with E-state index < -0.39 is 0 Å². The maximum atomic E-state index is 12.9. The van der Waals surface area contributed by atoms with Crippen molar-refractivity contribution < 1.29 is 4.79 Å². The van der Waals surface area contributed by atoms with Crippen LogP contribution in [0.15, 0.2) is 45.7 Å². The van der Waals surface area contributed by atoms with Gasteiger partial charge >= 0.3 is 0 Å². The number of thiophene rings is 1. The highest BCUT2D eigenvalue weighted by Gasteiger charge is 2.22. The highest BCUT2D eigenvalue weighted by atomic mass is 32.2. The molecule has 0 aliphatic carbocycles. The predicted molar refractivity (Wildman–Crippen MR) is 115 cm³/mol. The van der Waals surface area contributed by atoms with E-state index in [1.165, 1.54) is 23.1 Å². The van der Waals surface area contributed by atoms with Gasteiger partial charge in [-0.05, 0) is 24.3 Å². The van der Waals surface area contributed by atoms with Crippen LogP contribution in [-0.4, -0.2) is 39.3 Å². The summed E-state index contributed by atoms with van der Waals surface area (Å²) >= 11 is 2.65. The number of likely N-dealkylation sites (tertiary alicyclic amines) is 1. The summed E-state index contributed by atoms with van der Waals surface area (Å²) in [5.41, 5.74) is 1.52. The van der Waals surface area contributed by atoms with E-state index in [0.717, 1.165) is 41.7 Å². The second-order valence-electron chi connectivity index (χ2n) is 7.12. The third-order valence-electron chi connectivity index (χ3n) is 5.15. The molecule has 0 unspecified atom stereocenters. The van der Waals surface area contributed by atoms with Gasteiger partial charge in [-0.2, -0.15) is 0 Å². The van der Waals surface area contributed by atoms with Crippen LogP contribution < -0.4 is 11.4 Å². The van der Waals surface area contributed by atoms with Crippen molar-refractivity contribution in [2.75, 3.05) is 24.7 Å². The topological polar surface area (TPSA) is 81.2 Å². The molecule has 2 N–H and O–H groups in total. The molecule has 3 aromatic rings. The van der Waals surface area contributed by atoms with Crippen molar-refractivity contribution in [3.63, 3.8) is 0 Å². The number of fused-ring (bicyclic) bond motifs is 1. The number of piperidine rings is 1. The fraction of sp³-hybridized carbons (Fsp3) is 0.350. The number of hydrogen-bond acceptors (Lipinski definition) is 6. The molecule has 0 bridgehead atoms. The zero-order valence-corrected chi connectivity index (χ0v) is 17.3. The Morgan fingerprint density at radius 1 is 1.29 bits per heavy atom. The first-order valence-electron chi connectivity index (χ1n) is 9.30. The summed E-state index contributed by atoms with van der Waals surface area (Å²) in [4.78, 5) is 32.5. The van der Waals surface area contributed by atoms with Crippen molar-refractivity contribution in [2.45, 2.75) is 24.9 Å². The number of carbonyl (C=O) groups excluding carboxylic acids is 1. The SMILES string of the molecule is CC1CCN(C(=O)CSc2nc3scc(-c4ccccc4)c3c(=O)n2N)CC1. The predicted octanol–water partition coefficient (Wildman–Crippen LogP) is 3.19. The van der Waals surface area contributed by atoms with Gasteiger partial charge in [-0.25, -0.2) is 9.66 Å². The molecule has 1 fully saturated rings. The first-order valence-corrected chi connectivity index (χ1v) is 11.2. The Hall–Kier alpha value is -2.32. The van der Waals surface area contributed by atoms with E-state index in [2.05, 4.69) is 11.9 Å². The number of aromatic nitrogens is 2. The van der Waals surface area contributed by atoms with Crippen LogP contribution >= 0.6 is 23.1 Å². The summed E-state index contributed by atoms with van der Waals surface area (Å²) in [5.74, 6) is 7.02. The van der Waals surface area contributed by atoms with Crippen LogP contribution in [0.25, 0.3) is 21.3 Å². The number of nitrogens with zero attached hydrogens (tertiary/aromatic N) is 3. The minimum Gasteiger partial charge on any atom is -0.342 e. The minimum atomic E-state index is -0.285. The largest absolute Gasteiger partial charge is 0.342 e. The van der Waals surface area contributed by atoms with Gasteiger partial charge in [0.25, 0.3) is 5.56 Å². The molecule has 0 saturated carbocycles. The summed E-state index contributed by atoms with van der Waals surface area (Å²) in [6.45, 7) is 3.81. The van der Waals surface area contributed by atoms with Crippen molar-refractivity contribution in [3.05, 3.63) is 46.1 Å². The van der Waals surface area contributed by atoms with Gasteiger partial charge < -0.3 is 10.7 Å². The van der Waals surface area contributed by atoms with Gasteiger partial charge in [0.05, 0.1) is 11.1 Å². The lowest BCUT2D eigenvalue weighted by Gasteiger charge is -2.30. The lowest BCUT2D eigenvalue weighted by molar-refractivity contribution is -0.129. The van der Waals surface area contributed by atoms with Crippen LogP contribution in [0.1, 0.15) is 19.8 Å². The summed E-state index contributed by atoms with van der Waals surface area (Å²) in [6, 6.07) is 9.73. The maximum Gasteiger partial charge on any atom is 0.282 e. The molecule has 6 nitrogen and oxygen atoms in total. The van der Waals surface area contributed by atoms with E-state index in [1.54, 1.807) is 0 Å². The van der Waals surface area contributed by atoms with Gasteiger partial charge in [-0.3, -0.25) is 9.59 Å². The van der Waals surface area contributed by atoms with Crippen molar-refractivity contribution in [1.29, 1.82) is 0 Å². The normalized spacial score (nSPS) is 15.2. The fourth-order valence-corrected chi connectivity index (χ4v) is 5.20. The molecular weight excluding hydrogens is 392 g/mol. The molecule has 28 heavy (non-hydrogen) atoms. The number of benzene rings is 1. The minimum absolute atomic E-state index is 0.0717. The molecule has 0 radical (unpaired) electrons. The molecule has 1 saturated heterocycles. The molecule has 1 aliphatic rings. The number of nitrogen functional groups attached to an aromatic ring is 1. The second kappa shape index (κ2) is 7.97. The van der Waals surface area contributed by atoms with E-state index in [0.29, 0.717) is 21.3 Å². The Labute approximate surface area is 171 Å². The number of hydrogen-bond donors (Lipinski definition) is 1. The van der Waals surface area contributed by atoms with Gasteiger partial charge in [0.15, 0.2) is 5.16 Å². The monoisotopic (exact) mass is 414 g/mol. The number of carbonyl (C=O) groups is 1. The third kappa shape index (κ3) is 3.66. The van der Waals surface area contributed by atoms with Gasteiger partial charge in [-0.15, -0.1) is 11.3 Å². The summed E-state index contributed by atoms with van der Waals surface area (Å²) in [5, 5.41) is 2.83. The quantitative estimate of drug-likeness (QED) is 0.403. The van der Waals surface area contributed by atoms with Crippen LogP contribution in [0.5, 0.6) is 0 Å². The first-order chi connectivity index (χ1) is 13.5. The standard InChI is InChI=1S/C20H22N4O2S2/c1-13-7-9-23(10-8-13)16(25)12-28-20-22-18-17(19(26)24(20)21)15(11-27-18)14-5-3-2-4-6-14/h2-6,11,13H,7-10,12,21H2,1H3. The first kappa shape index (κ1) is 19.0. The number of amides is 1. The van der Waals surface area contributed by atoms with Crippen LogP contribution in [0.3, 0.4) is 0 Å². The highest BCUT2D eigenvalue weighted by Crippen LogP contribution is 2.31. The van der Waals surface area contributed by atoms with E-state index in [-0.39, 0.29) is 17.2 Å². The van der Waals surface area contributed by atoms with Crippen LogP contribution in [0.4, 0.5) is 0 Å². The number of nitrogens with two attached hydrogens (primary N) is 1. The maximum absolute atomic E-state index is 12.9. The van der Waals surface area contributed by atoms with E-state index in [1.807, 2.05) is 40.6 Å². The van der Waals surface area contributed by atoms with Gasteiger partial charge in [0, 0.05) is 24.0 Å². The molecular formula is C20H22N4O2S2. The van der Waals surface area contributed by atoms with Crippen LogP contribution in [0, 0.1) is 5.92 Å². The Morgan fingerprint density at radius 2 is 2.00 bits per heavy atom. The van der Waals surface area contributed by atoms with Crippen molar-refractivity contribution >= 4 is 39.2 Å². The Kier molecular flexibility index (Phi) is 5.41. The second-order valence-corrected chi connectivity index (χ2v) is 8.92. The molecule has 8 heteroatoms. The van der Waals surface area contributed by atoms with E-state index in [4.69, 9.17) is 5.84 Å². The Morgan fingerprint density at radius 3 is 2.71 bits per heavy atom. The molecule has 4 rings (SSSR count). The average molecular weight is 415 g/mol. The fourth-order valence-electron chi connectivity index (χ4n) is 3.39. The smallest absolute Gasteiger partial charge is 0.282 e. The lowest BCUT2D eigenvalue weighted by atomic mass is 9.99. The molecule has 0 atom stereocenters. The Balaban J connectivity index is 1.57. The van der Waals surface area contributed by atoms with Crippen LogP contribution in [-0.2, 0) is 4.79 Å². The number of rotatable bonds is 4. The van der Waals surface area contributed by atoms with Gasteiger partial charge in [-0.1, -0.05) is 49.0 Å². The molecule has 0 spiro atoms. The third-order valence-corrected chi connectivity index (χ3v) is 6.96. The highest BCUT2D eigenvalue weighted by molar-refractivity contribution is 7.99. The molecule has 146 valence electrons. The van der Waals surface area contributed by atoms with Crippen molar-refractivity contribution in [1.82, 2.24) is 14.6 Å². The lowest BCUT2D eigenvalue weighted by Crippen LogP contribution is -2.39. The molecule has 2 aromatic heterocycles. The Bertz CT molecular complexity index is 1050. The summed E-state index contributed by atoms with van der Waals surface area (Å²) in [6.07, 6.45) is 2.08.